The van der Waals surface area contributed by atoms with E-state index in [2.05, 4.69) is 21.7 Å². The molecule has 0 saturated carbocycles. The van der Waals surface area contributed by atoms with Crippen LogP contribution in [0.3, 0.4) is 0 Å². The van der Waals surface area contributed by atoms with Gasteiger partial charge in [0.15, 0.2) is 0 Å². The summed E-state index contributed by atoms with van der Waals surface area (Å²) in [4.78, 5) is 31.7. The van der Waals surface area contributed by atoms with Crippen LogP contribution in [-0.2, 0) is 29.1 Å². The van der Waals surface area contributed by atoms with Gasteiger partial charge < -0.3 is 14.3 Å². The molecule has 0 saturated heterocycles. The molecule has 158 valence electrons. The molecule has 0 unspecified atom stereocenters. The quantitative estimate of drug-likeness (QED) is 0.478. The molecule has 0 bridgehead atoms. The summed E-state index contributed by atoms with van der Waals surface area (Å²) in [7, 11) is 0. The summed E-state index contributed by atoms with van der Waals surface area (Å²) in [5.41, 5.74) is 3.07. The number of rotatable bonds is 7. The van der Waals surface area contributed by atoms with E-state index in [1.807, 2.05) is 37.1 Å². The maximum Gasteiger partial charge on any atom is 0.222 e. The fourth-order valence-electron chi connectivity index (χ4n) is 4.15. The van der Waals surface area contributed by atoms with Gasteiger partial charge >= 0.3 is 0 Å². The van der Waals surface area contributed by atoms with Gasteiger partial charge in [0, 0.05) is 40.5 Å². The number of fused-ring (bicyclic) bond motifs is 3. The van der Waals surface area contributed by atoms with E-state index >= 15 is 0 Å². The molecule has 1 amide bonds. The van der Waals surface area contributed by atoms with Crippen LogP contribution in [0.2, 0.25) is 4.34 Å². The molecule has 0 aromatic carbocycles. The highest BCUT2D eigenvalue weighted by atomic mass is 35.5. The third kappa shape index (κ3) is 4.30. The molecule has 3 aromatic rings. The molecular formula is C23H26ClN3O2S. The van der Waals surface area contributed by atoms with Gasteiger partial charge in [-0.05, 0) is 49.1 Å². The molecule has 0 fully saturated rings. The number of aromatic nitrogens is 2. The molecule has 0 atom stereocenters. The topological polar surface area (TPSA) is 55.2 Å². The molecule has 5 nitrogen and oxygen atoms in total. The normalized spacial score (nSPS) is 14.2. The predicted molar refractivity (Wildman–Crippen MR) is 121 cm³/mol. The van der Waals surface area contributed by atoms with Crippen molar-refractivity contribution >= 4 is 46.2 Å². The number of thiophene rings is 1. The molecule has 1 aliphatic heterocycles. The van der Waals surface area contributed by atoms with Crippen molar-refractivity contribution in [2.24, 2.45) is 5.41 Å². The number of aldehydes is 1. The van der Waals surface area contributed by atoms with Gasteiger partial charge in [-0.3, -0.25) is 4.79 Å². The van der Waals surface area contributed by atoms with E-state index < -0.39 is 0 Å². The minimum Gasteiger partial charge on any atom is -0.337 e. The van der Waals surface area contributed by atoms with Gasteiger partial charge in [0.25, 0.3) is 0 Å². The molecule has 1 aliphatic rings. The Morgan fingerprint density at radius 3 is 2.90 bits per heavy atom. The van der Waals surface area contributed by atoms with Crippen molar-refractivity contribution in [2.45, 2.75) is 52.6 Å². The first-order valence-electron chi connectivity index (χ1n) is 10.3. The second-order valence-corrected chi connectivity index (χ2v) is 10.4. The van der Waals surface area contributed by atoms with Crippen LogP contribution in [0, 0.1) is 5.41 Å². The van der Waals surface area contributed by atoms with Crippen molar-refractivity contribution in [3.63, 3.8) is 0 Å². The third-order valence-corrected chi connectivity index (χ3v) is 7.06. The first-order chi connectivity index (χ1) is 14.4. The molecule has 3 aromatic heterocycles. The van der Waals surface area contributed by atoms with Crippen molar-refractivity contribution < 1.29 is 9.59 Å². The Labute approximate surface area is 185 Å². The number of pyridine rings is 1. The molecule has 0 aliphatic carbocycles. The number of hydrogen-bond donors (Lipinski definition) is 0. The van der Waals surface area contributed by atoms with Gasteiger partial charge in [-0.2, -0.15) is 0 Å². The summed E-state index contributed by atoms with van der Waals surface area (Å²) in [6, 6.07) is 8.07. The summed E-state index contributed by atoms with van der Waals surface area (Å²) in [6.45, 7) is 5.86. The highest BCUT2D eigenvalue weighted by molar-refractivity contribution is 7.16. The molecule has 0 radical (unpaired) electrons. The van der Waals surface area contributed by atoms with Crippen LogP contribution in [-0.4, -0.2) is 33.2 Å². The average Bonchev–Trinajstić information content (AvgIpc) is 3.29. The number of carbonyl (C=O) groups is 2. The zero-order chi connectivity index (χ0) is 21.3. The number of halogens is 1. The second kappa shape index (κ2) is 8.52. The van der Waals surface area contributed by atoms with Gasteiger partial charge in [-0.15, -0.1) is 11.3 Å². The van der Waals surface area contributed by atoms with Crippen molar-refractivity contribution in [1.29, 1.82) is 0 Å². The summed E-state index contributed by atoms with van der Waals surface area (Å²) in [6.07, 6.45) is 5.57. The van der Waals surface area contributed by atoms with Crippen LogP contribution < -0.4 is 0 Å². The first kappa shape index (κ1) is 21.1. The zero-order valence-electron chi connectivity index (χ0n) is 17.4. The lowest BCUT2D eigenvalue weighted by molar-refractivity contribution is -0.132. The van der Waals surface area contributed by atoms with Gasteiger partial charge in [-0.25, -0.2) is 4.98 Å². The summed E-state index contributed by atoms with van der Waals surface area (Å²) in [5.74, 6) is 0.159. The Bertz CT molecular complexity index is 1090. The molecule has 0 N–H and O–H groups in total. The van der Waals surface area contributed by atoms with Gasteiger partial charge in [0.1, 0.15) is 11.9 Å². The smallest absolute Gasteiger partial charge is 0.222 e. The lowest BCUT2D eigenvalue weighted by atomic mass is 9.89. The minimum atomic E-state index is -0.366. The highest BCUT2D eigenvalue weighted by Gasteiger charge is 2.27. The van der Waals surface area contributed by atoms with Crippen LogP contribution in [0.15, 0.2) is 30.5 Å². The van der Waals surface area contributed by atoms with Crippen LogP contribution in [0.5, 0.6) is 0 Å². The number of carbonyl (C=O) groups excluding carboxylic acids is 2. The van der Waals surface area contributed by atoms with Gasteiger partial charge in [-0.1, -0.05) is 25.4 Å². The van der Waals surface area contributed by atoms with Gasteiger partial charge in [0.2, 0.25) is 5.91 Å². The Kier molecular flexibility index (Phi) is 5.98. The second-order valence-electron chi connectivity index (χ2n) is 8.62. The summed E-state index contributed by atoms with van der Waals surface area (Å²) in [5, 5.41) is 1.18. The molecule has 7 heteroatoms. The SMILES string of the molecule is CC(C)(C=O)CCCC(=O)N1CCc2c(n(Cc3ccc(Cl)s3)c3ncccc23)C1. The van der Waals surface area contributed by atoms with Crippen LogP contribution in [0.4, 0.5) is 0 Å². The maximum atomic E-state index is 12.9. The minimum absolute atomic E-state index is 0.159. The summed E-state index contributed by atoms with van der Waals surface area (Å²) < 4.78 is 3.01. The lowest BCUT2D eigenvalue weighted by Crippen LogP contribution is -2.36. The van der Waals surface area contributed by atoms with Crippen LogP contribution >= 0.6 is 22.9 Å². The summed E-state index contributed by atoms with van der Waals surface area (Å²) >= 11 is 7.71. The first-order valence-corrected chi connectivity index (χ1v) is 11.5. The van der Waals surface area contributed by atoms with Crippen molar-refractivity contribution in [2.75, 3.05) is 6.54 Å². The Hall–Kier alpha value is -2.18. The fraction of sp³-hybridized carbons (Fsp3) is 0.435. The molecular weight excluding hydrogens is 418 g/mol. The Balaban J connectivity index is 1.56. The number of amides is 1. The average molecular weight is 444 g/mol. The Morgan fingerprint density at radius 1 is 1.33 bits per heavy atom. The van der Waals surface area contributed by atoms with E-state index in [1.54, 1.807) is 11.3 Å². The zero-order valence-corrected chi connectivity index (χ0v) is 18.9. The van der Waals surface area contributed by atoms with Crippen molar-refractivity contribution in [3.8, 4) is 0 Å². The van der Waals surface area contributed by atoms with E-state index in [-0.39, 0.29) is 11.3 Å². The van der Waals surface area contributed by atoms with Crippen molar-refractivity contribution in [1.82, 2.24) is 14.5 Å². The monoisotopic (exact) mass is 443 g/mol. The predicted octanol–water partition coefficient (Wildman–Crippen LogP) is 5.08. The highest BCUT2D eigenvalue weighted by Crippen LogP contribution is 2.32. The fourth-order valence-corrected chi connectivity index (χ4v) is 5.22. The number of hydrogen-bond acceptors (Lipinski definition) is 4. The van der Waals surface area contributed by atoms with Crippen LogP contribution in [0.1, 0.15) is 49.2 Å². The molecule has 0 spiro atoms. The standard InChI is InChI=1S/C23H26ClN3O2S/c1-23(2,15-28)10-3-6-21(29)26-12-9-17-18-5-4-11-25-22(18)27(19(17)14-26)13-16-7-8-20(24)30-16/h4-5,7-8,11,15H,3,6,9-10,12-14H2,1-2H3. The van der Waals surface area contributed by atoms with E-state index in [0.717, 1.165) is 42.1 Å². The third-order valence-electron chi connectivity index (χ3n) is 5.84. The Morgan fingerprint density at radius 2 is 2.17 bits per heavy atom. The van der Waals surface area contributed by atoms with Gasteiger partial charge in [0.05, 0.1) is 17.4 Å². The van der Waals surface area contributed by atoms with E-state index in [9.17, 15) is 9.59 Å². The molecule has 4 heterocycles. The van der Waals surface area contributed by atoms with E-state index in [0.29, 0.717) is 19.5 Å². The van der Waals surface area contributed by atoms with E-state index in [1.165, 1.54) is 21.5 Å². The van der Waals surface area contributed by atoms with Crippen LogP contribution in [0.25, 0.3) is 11.0 Å². The van der Waals surface area contributed by atoms with E-state index in [4.69, 9.17) is 11.6 Å². The molecule has 30 heavy (non-hydrogen) atoms. The largest absolute Gasteiger partial charge is 0.337 e. The molecule has 4 rings (SSSR count). The lowest BCUT2D eigenvalue weighted by Gasteiger charge is -2.29. The maximum absolute atomic E-state index is 12.9. The number of nitrogens with zero attached hydrogens (tertiary/aromatic N) is 3. The van der Waals surface area contributed by atoms with Crippen molar-refractivity contribution in [3.05, 3.63) is 50.9 Å².